The summed E-state index contributed by atoms with van der Waals surface area (Å²) in [7, 11) is 0. The maximum Gasteiger partial charge on any atom is 0.292 e. The minimum Gasteiger partial charge on any atom is -0.485 e. The van der Waals surface area contributed by atoms with Gasteiger partial charge in [0.2, 0.25) is 5.82 Å². The van der Waals surface area contributed by atoms with E-state index in [1.54, 1.807) is 6.07 Å². The maximum atomic E-state index is 13.9. The Morgan fingerprint density at radius 3 is 2.23 bits per heavy atom. The van der Waals surface area contributed by atoms with Gasteiger partial charge in [-0.1, -0.05) is 18.2 Å². The Hall–Kier alpha value is -4.15. The Labute approximate surface area is 195 Å². The first-order valence-corrected chi connectivity index (χ1v) is 10.3. The number of rotatable bonds is 7. The summed E-state index contributed by atoms with van der Waals surface area (Å²) in [6, 6.07) is 10.0. The summed E-state index contributed by atoms with van der Waals surface area (Å²) in [6.07, 6.45) is 1.21. The molecule has 4 rings (SSSR count). The number of nitrogens with zero attached hydrogens (tertiary/aromatic N) is 2. The summed E-state index contributed by atoms with van der Waals surface area (Å²) in [5, 5.41) is 6.31. The molecule has 1 amide bonds. The van der Waals surface area contributed by atoms with Gasteiger partial charge in [0.1, 0.15) is 18.1 Å². The molecule has 0 atom stereocenters. The van der Waals surface area contributed by atoms with Gasteiger partial charge in [-0.3, -0.25) is 9.48 Å². The minimum atomic E-state index is -2.24. The van der Waals surface area contributed by atoms with Crippen LogP contribution in [0.4, 0.5) is 27.8 Å². The van der Waals surface area contributed by atoms with Crippen LogP contribution in [-0.4, -0.2) is 15.7 Å². The number of aryl methyl sites for hydroxylation is 2. The third kappa shape index (κ3) is 4.88. The molecule has 0 aliphatic heterocycles. The van der Waals surface area contributed by atoms with E-state index >= 15 is 0 Å². The van der Waals surface area contributed by atoms with Gasteiger partial charge in [0.15, 0.2) is 34.8 Å². The monoisotopic (exact) mass is 491 g/mol. The van der Waals surface area contributed by atoms with Crippen molar-refractivity contribution in [2.24, 2.45) is 0 Å². The number of amides is 1. The topological polar surface area (TPSA) is 69.3 Å². The normalized spacial score (nSPS) is 11.1. The van der Waals surface area contributed by atoms with E-state index in [1.807, 2.05) is 32.0 Å². The van der Waals surface area contributed by atoms with Gasteiger partial charge in [-0.25, -0.2) is 22.0 Å². The second-order valence-electron chi connectivity index (χ2n) is 7.68. The van der Waals surface area contributed by atoms with Crippen LogP contribution < -0.4 is 10.1 Å². The van der Waals surface area contributed by atoms with Crippen molar-refractivity contribution in [2.75, 3.05) is 5.32 Å². The molecular formula is C24H18F5N3O3. The van der Waals surface area contributed by atoms with Crippen LogP contribution in [0, 0.1) is 42.9 Å². The van der Waals surface area contributed by atoms with Crippen molar-refractivity contribution in [1.82, 2.24) is 9.78 Å². The molecule has 0 aliphatic carbocycles. The van der Waals surface area contributed by atoms with Crippen molar-refractivity contribution >= 4 is 11.7 Å². The molecule has 6 nitrogen and oxygen atoms in total. The molecule has 4 aromatic rings. The average Bonchev–Trinajstić information content (AvgIpc) is 3.48. The van der Waals surface area contributed by atoms with Crippen molar-refractivity contribution in [2.45, 2.75) is 27.0 Å². The average molecular weight is 491 g/mol. The molecule has 11 heteroatoms. The van der Waals surface area contributed by atoms with E-state index < -0.39 is 47.1 Å². The Morgan fingerprint density at radius 1 is 0.943 bits per heavy atom. The molecule has 0 unspecified atom stereocenters. The highest BCUT2D eigenvalue weighted by Crippen LogP contribution is 2.25. The molecule has 0 spiro atoms. The number of hydrogen-bond donors (Lipinski definition) is 1. The Kier molecular flexibility index (Phi) is 6.59. The summed E-state index contributed by atoms with van der Waals surface area (Å²) in [6.45, 7) is 3.17. The fourth-order valence-corrected chi connectivity index (χ4v) is 3.39. The van der Waals surface area contributed by atoms with E-state index in [0.29, 0.717) is 11.5 Å². The Balaban J connectivity index is 1.41. The van der Waals surface area contributed by atoms with Crippen molar-refractivity contribution in [1.29, 1.82) is 0 Å². The highest BCUT2D eigenvalue weighted by molar-refractivity contribution is 6.01. The highest BCUT2D eigenvalue weighted by atomic mass is 19.2. The lowest BCUT2D eigenvalue weighted by Crippen LogP contribution is -2.13. The zero-order chi connectivity index (χ0) is 25.3. The van der Waals surface area contributed by atoms with Crippen LogP contribution in [-0.2, 0) is 13.2 Å². The zero-order valence-electron chi connectivity index (χ0n) is 18.5. The van der Waals surface area contributed by atoms with Gasteiger partial charge in [-0.2, -0.15) is 5.10 Å². The number of benzene rings is 2. The standard InChI is InChI=1S/C24H18F5N3O3/c1-12-4-3-5-13(2)23(12)34-11-14-6-7-16(35-14)24(33)30-17-8-9-32(31-17)10-15-18(25)20(27)22(29)21(28)19(15)26/h3-9H,10-11H2,1-2H3,(H,30,31,33). The van der Waals surface area contributed by atoms with E-state index in [4.69, 9.17) is 9.15 Å². The first kappa shape index (κ1) is 24.0. The van der Waals surface area contributed by atoms with Crippen LogP contribution in [0.3, 0.4) is 0 Å². The van der Waals surface area contributed by atoms with E-state index in [2.05, 4.69) is 10.4 Å². The number of aromatic nitrogens is 2. The van der Waals surface area contributed by atoms with E-state index in [1.165, 1.54) is 18.3 Å². The first-order valence-electron chi connectivity index (χ1n) is 10.3. The summed E-state index contributed by atoms with van der Waals surface area (Å²) >= 11 is 0. The van der Waals surface area contributed by atoms with Gasteiger partial charge in [0.05, 0.1) is 12.1 Å². The van der Waals surface area contributed by atoms with Gasteiger partial charge in [0.25, 0.3) is 5.91 Å². The summed E-state index contributed by atoms with van der Waals surface area (Å²) in [5.74, 6) is -9.85. The number of carbonyl (C=O) groups excluding carboxylic acids is 1. The van der Waals surface area contributed by atoms with Gasteiger partial charge in [0, 0.05) is 12.3 Å². The summed E-state index contributed by atoms with van der Waals surface area (Å²) in [4.78, 5) is 12.5. The molecule has 2 aromatic heterocycles. The smallest absolute Gasteiger partial charge is 0.292 e. The van der Waals surface area contributed by atoms with E-state index in [0.717, 1.165) is 15.8 Å². The van der Waals surface area contributed by atoms with E-state index in [9.17, 15) is 26.7 Å². The third-order valence-corrected chi connectivity index (χ3v) is 5.16. The molecule has 1 N–H and O–H groups in total. The number of anilines is 1. The maximum absolute atomic E-state index is 13.9. The lowest BCUT2D eigenvalue weighted by molar-refractivity contribution is 0.0992. The zero-order valence-corrected chi connectivity index (χ0v) is 18.5. The molecule has 0 radical (unpaired) electrons. The molecule has 2 heterocycles. The van der Waals surface area contributed by atoms with Crippen LogP contribution in [0.15, 0.2) is 47.0 Å². The first-order chi connectivity index (χ1) is 16.7. The molecule has 0 saturated heterocycles. The van der Waals surface area contributed by atoms with Crippen LogP contribution in [0.2, 0.25) is 0 Å². The van der Waals surface area contributed by atoms with Gasteiger partial charge in [-0.15, -0.1) is 0 Å². The van der Waals surface area contributed by atoms with Crippen molar-refractivity contribution in [3.63, 3.8) is 0 Å². The molecule has 0 aliphatic rings. The number of furan rings is 1. The molecule has 2 aromatic carbocycles. The lowest BCUT2D eigenvalue weighted by Gasteiger charge is -2.10. The predicted molar refractivity (Wildman–Crippen MR) is 114 cm³/mol. The number of ether oxygens (including phenoxy) is 1. The van der Waals surface area contributed by atoms with Crippen molar-refractivity contribution in [3.8, 4) is 5.75 Å². The Morgan fingerprint density at radius 2 is 1.57 bits per heavy atom. The molecular weight excluding hydrogens is 473 g/mol. The second kappa shape index (κ2) is 9.61. The van der Waals surface area contributed by atoms with Crippen LogP contribution >= 0.6 is 0 Å². The van der Waals surface area contributed by atoms with E-state index in [-0.39, 0.29) is 18.2 Å². The number of para-hydroxylation sites is 1. The molecule has 0 saturated carbocycles. The molecule has 0 bridgehead atoms. The van der Waals surface area contributed by atoms with Gasteiger partial charge < -0.3 is 14.5 Å². The van der Waals surface area contributed by atoms with Gasteiger partial charge >= 0.3 is 0 Å². The number of carbonyl (C=O) groups is 1. The Bertz CT molecular complexity index is 1360. The minimum absolute atomic E-state index is 0.0244. The fraction of sp³-hybridized carbons (Fsp3) is 0.167. The molecule has 182 valence electrons. The summed E-state index contributed by atoms with van der Waals surface area (Å²) in [5.41, 5.74) is 0.855. The molecule has 0 fully saturated rings. The van der Waals surface area contributed by atoms with Crippen LogP contribution in [0.5, 0.6) is 5.75 Å². The predicted octanol–water partition coefficient (Wildman–Crippen LogP) is 5.67. The number of hydrogen-bond acceptors (Lipinski definition) is 4. The fourth-order valence-electron chi connectivity index (χ4n) is 3.39. The quantitative estimate of drug-likeness (QED) is 0.206. The van der Waals surface area contributed by atoms with Crippen LogP contribution in [0.1, 0.15) is 33.0 Å². The van der Waals surface area contributed by atoms with Crippen molar-refractivity contribution in [3.05, 3.63) is 99.9 Å². The third-order valence-electron chi connectivity index (χ3n) is 5.16. The van der Waals surface area contributed by atoms with Crippen molar-refractivity contribution < 1.29 is 35.9 Å². The SMILES string of the molecule is Cc1cccc(C)c1OCc1ccc(C(=O)Nc2ccn(Cc3c(F)c(F)c(F)c(F)c3F)n2)o1. The highest BCUT2D eigenvalue weighted by Gasteiger charge is 2.26. The second-order valence-corrected chi connectivity index (χ2v) is 7.68. The largest absolute Gasteiger partial charge is 0.485 e. The van der Waals surface area contributed by atoms with Crippen LogP contribution in [0.25, 0.3) is 0 Å². The lowest BCUT2D eigenvalue weighted by atomic mass is 10.1. The van der Waals surface area contributed by atoms with Gasteiger partial charge in [-0.05, 0) is 37.1 Å². The number of nitrogens with one attached hydrogen (secondary N) is 1. The molecule has 35 heavy (non-hydrogen) atoms. The number of halogens is 5. The summed E-state index contributed by atoms with van der Waals surface area (Å²) < 4.78 is 80.0.